The van der Waals surface area contributed by atoms with Crippen LogP contribution in [-0.4, -0.2) is 33.0 Å². The van der Waals surface area contributed by atoms with Gasteiger partial charge in [-0.3, -0.25) is 0 Å². The van der Waals surface area contributed by atoms with Crippen molar-refractivity contribution in [3.63, 3.8) is 0 Å². The van der Waals surface area contributed by atoms with Crippen LogP contribution < -0.4 is 5.73 Å². The highest BCUT2D eigenvalue weighted by molar-refractivity contribution is 4.77. The summed E-state index contributed by atoms with van der Waals surface area (Å²) >= 11 is 0. The van der Waals surface area contributed by atoms with Gasteiger partial charge in [0.05, 0.1) is 13.2 Å². The highest BCUT2D eigenvalue weighted by Gasteiger charge is 2.25. The van der Waals surface area contributed by atoms with Gasteiger partial charge in [0.1, 0.15) is 0 Å². The Morgan fingerprint density at radius 3 is 2.56 bits per heavy atom. The third-order valence-corrected chi connectivity index (χ3v) is 3.47. The van der Waals surface area contributed by atoms with Crippen LogP contribution in [0.15, 0.2) is 0 Å². The first-order valence-corrected chi connectivity index (χ1v) is 6.74. The van der Waals surface area contributed by atoms with Gasteiger partial charge in [0, 0.05) is 13.2 Å². The van der Waals surface area contributed by atoms with Crippen molar-refractivity contribution in [1.29, 1.82) is 0 Å². The number of hydrogen-bond acceptors (Lipinski definition) is 3. The summed E-state index contributed by atoms with van der Waals surface area (Å²) < 4.78 is 11.1. The van der Waals surface area contributed by atoms with E-state index >= 15 is 0 Å². The maximum atomic E-state index is 5.73. The molecule has 0 aromatic heterocycles. The Morgan fingerprint density at radius 1 is 1.06 bits per heavy atom. The number of nitrogens with two attached hydrogens (primary N) is 1. The van der Waals surface area contributed by atoms with Gasteiger partial charge in [-0.05, 0) is 37.6 Å². The molecule has 1 aliphatic rings. The van der Waals surface area contributed by atoms with Gasteiger partial charge in [0.25, 0.3) is 0 Å². The average Bonchev–Trinajstić information content (AvgIpc) is 2.75. The fourth-order valence-corrected chi connectivity index (χ4v) is 2.34. The highest BCUT2D eigenvalue weighted by Crippen LogP contribution is 2.30. The summed E-state index contributed by atoms with van der Waals surface area (Å²) in [6.07, 6.45) is 6.25. The minimum Gasteiger partial charge on any atom is -0.379 e. The topological polar surface area (TPSA) is 44.5 Å². The molecule has 0 radical (unpaired) electrons. The van der Waals surface area contributed by atoms with Gasteiger partial charge in [0.2, 0.25) is 0 Å². The van der Waals surface area contributed by atoms with Crippen LogP contribution in [0.1, 0.15) is 39.0 Å². The summed E-state index contributed by atoms with van der Waals surface area (Å²) in [6.45, 7) is 6.21. The Morgan fingerprint density at radius 2 is 1.81 bits per heavy atom. The summed E-state index contributed by atoms with van der Waals surface area (Å²) in [5, 5.41) is 0. The molecule has 1 saturated carbocycles. The molecule has 1 fully saturated rings. The van der Waals surface area contributed by atoms with E-state index in [0.717, 1.165) is 39.4 Å². The van der Waals surface area contributed by atoms with Crippen LogP contribution in [-0.2, 0) is 9.47 Å². The van der Waals surface area contributed by atoms with Crippen molar-refractivity contribution in [1.82, 2.24) is 0 Å². The van der Waals surface area contributed by atoms with E-state index in [1.165, 1.54) is 25.7 Å². The number of ether oxygens (including phenoxy) is 2. The zero-order valence-corrected chi connectivity index (χ0v) is 10.6. The molecule has 0 spiro atoms. The van der Waals surface area contributed by atoms with E-state index in [4.69, 9.17) is 15.2 Å². The first-order chi connectivity index (χ1) is 7.88. The van der Waals surface area contributed by atoms with Gasteiger partial charge in [-0.15, -0.1) is 0 Å². The van der Waals surface area contributed by atoms with Crippen LogP contribution in [0.2, 0.25) is 0 Å². The third kappa shape index (κ3) is 5.28. The third-order valence-electron chi connectivity index (χ3n) is 3.47. The minimum absolute atomic E-state index is 0.695. The Kier molecular flexibility index (Phi) is 7.81. The van der Waals surface area contributed by atoms with Gasteiger partial charge in [0.15, 0.2) is 0 Å². The van der Waals surface area contributed by atoms with Gasteiger partial charge in [-0.2, -0.15) is 0 Å². The molecule has 0 heterocycles. The summed E-state index contributed by atoms with van der Waals surface area (Å²) in [6, 6.07) is 0. The zero-order valence-electron chi connectivity index (χ0n) is 10.6. The molecule has 1 aliphatic carbocycles. The molecule has 0 saturated heterocycles. The Labute approximate surface area is 99.7 Å². The molecule has 0 bridgehead atoms. The normalized spacial score (nSPS) is 25.1. The van der Waals surface area contributed by atoms with Gasteiger partial charge >= 0.3 is 0 Å². The van der Waals surface area contributed by atoms with Crippen molar-refractivity contribution in [3.05, 3.63) is 0 Å². The average molecular weight is 229 g/mol. The molecule has 1 rings (SSSR count). The van der Waals surface area contributed by atoms with E-state index in [1.54, 1.807) is 0 Å². The lowest BCUT2D eigenvalue weighted by atomic mass is 9.97. The monoisotopic (exact) mass is 229 g/mol. The second-order valence-corrected chi connectivity index (χ2v) is 4.73. The maximum Gasteiger partial charge on any atom is 0.0700 e. The van der Waals surface area contributed by atoms with E-state index in [9.17, 15) is 0 Å². The fourth-order valence-electron chi connectivity index (χ4n) is 2.34. The van der Waals surface area contributed by atoms with Crippen molar-refractivity contribution >= 4 is 0 Å². The smallest absolute Gasteiger partial charge is 0.0700 e. The Balaban J connectivity index is 1.90. The molecule has 0 aliphatic heterocycles. The Bertz CT molecular complexity index is 164. The van der Waals surface area contributed by atoms with Crippen molar-refractivity contribution in [3.8, 4) is 0 Å². The molecule has 96 valence electrons. The van der Waals surface area contributed by atoms with Crippen molar-refractivity contribution < 1.29 is 9.47 Å². The van der Waals surface area contributed by atoms with Gasteiger partial charge < -0.3 is 15.2 Å². The van der Waals surface area contributed by atoms with Crippen LogP contribution in [0.25, 0.3) is 0 Å². The number of hydrogen-bond donors (Lipinski definition) is 1. The lowest BCUT2D eigenvalue weighted by Crippen LogP contribution is -2.23. The molecule has 2 N–H and O–H groups in total. The molecule has 3 heteroatoms. The standard InChI is InChI=1S/C13H27NO2/c1-2-3-7-15-8-9-16-11-13-6-4-5-12(13)10-14/h12-13H,2-11,14H2,1H3. The molecular formula is C13H27NO2. The largest absolute Gasteiger partial charge is 0.379 e. The first-order valence-electron chi connectivity index (χ1n) is 6.74. The van der Waals surface area contributed by atoms with Gasteiger partial charge in [-0.1, -0.05) is 19.8 Å². The quantitative estimate of drug-likeness (QED) is 0.616. The van der Waals surface area contributed by atoms with Crippen LogP contribution in [0, 0.1) is 11.8 Å². The minimum atomic E-state index is 0.695. The summed E-state index contributed by atoms with van der Waals surface area (Å²) in [5.74, 6) is 1.39. The second kappa shape index (κ2) is 8.97. The summed E-state index contributed by atoms with van der Waals surface area (Å²) in [4.78, 5) is 0. The Hall–Kier alpha value is -0.120. The van der Waals surface area contributed by atoms with E-state index < -0.39 is 0 Å². The lowest BCUT2D eigenvalue weighted by molar-refractivity contribution is 0.0275. The molecular weight excluding hydrogens is 202 g/mol. The predicted molar refractivity (Wildman–Crippen MR) is 66.4 cm³/mol. The predicted octanol–water partition coefficient (Wildman–Crippen LogP) is 2.19. The van der Waals surface area contributed by atoms with Crippen LogP contribution in [0.3, 0.4) is 0 Å². The van der Waals surface area contributed by atoms with Crippen molar-refractivity contribution in [2.45, 2.75) is 39.0 Å². The van der Waals surface area contributed by atoms with E-state index in [1.807, 2.05) is 0 Å². The molecule has 0 aromatic carbocycles. The molecule has 3 nitrogen and oxygen atoms in total. The van der Waals surface area contributed by atoms with E-state index in [2.05, 4.69) is 6.92 Å². The summed E-state index contributed by atoms with van der Waals surface area (Å²) in [5.41, 5.74) is 5.73. The number of unbranched alkanes of at least 4 members (excludes halogenated alkanes) is 1. The zero-order chi connectivity index (χ0) is 11.6. The molecule has 2 unspecified atom stereocenters. The van der Waals surface area contributed by atoms with Crippen LogP contribution in [0.5, 0.6) is 0 Å². The van der Waals surface area contributed by atoms with Gasteiger partial charge in [-0.25, -0.2) is 0 Å². The number of rotatable bonds is 9. The maximum absolute atomic E-state index is 5.73. The molecule has 16 heavy (non-hydrogen) atoms. The van der Waals surface area contributed by atoms with E-state index in [0.29, 0.717) is 11.8 Å². The SMILES string of the molecule is CCCCOCCOCC1CCCC1CN. The molecule has 0 amide bonds. The second-order valence-electron chi connectivity index (χ2n) is 4.73. The fraction of sp³-hybridized carbons (Fsp3) is 1.00. The molecule has 0 aromatic rings. The first kappa shape index (κ1) is 13.9. The van der Waals surface area contributed by atoms with Crippen molar-refractivity contribution in [2.24, 2.45) is 17.6 Å². The lowest BCUT2D eigenvalue weighted by Gasteiger charge is -2.17. The van der Waals surface area contributed by atoms with Crippen molar-refractivity contribution in [2.75, 3.05) is 33.0 Å². The van der Waals surface area contributed by atoms with Crippen LogP contribution >= 0.6 is 0 Å². The van der Waals surface area contributed by atoms with Crippen LogP contribution in [0.4, 0.5) is 0 Å². The molecule has 2 atom stereocenters. The summed E-state index contributed by atoms with van der Waals surface area (Å²) in [7, 11) is 0. The van der Waals surface area contributed by atoms with E-state index in [-0.39, 0.29) is 0 Å². The highest BCUT2D eigenvalue weighted by atomic mass is 16.5.